The van der Waals surface area contributed by atoms with Gasteiger partial charge < -0.3 is 14.8 Å². The van der Waals surface area contributed by atoms with E-state index in [-0.39, 0.29) is 0 Å². The van der Waals surface area contributed by atoms with Crippen molar-refractivity contribution in [3.05, 3.63) is 38.0 Å². The molecule has 6 heteroatoms. The van der Waals surface area contributed by atoms with Gasteiger partial charge in [0, 0.05) is 27.6 Å². The van der Waals surface area contributed by atoms with E-state index in [0.717, 1.165) is 32.5 Å². The van der Waals surface area contributed by atoms with Crippen LogP contribution in [0.2, 0.25) is 4.34 Å². The van der Waals surface area contributed by atoms with Crippen molar-refractivity contribution in [1.29, 1.82) is 0 Å². The smallest absolute Gasteiger partial charge is 0.163 e. The zero-order chi connectivity index (χ0) is 15.2. The van der Waals surface area contributed by atoms with Gasteiger partial charge in [0.1, 0.15) is 4.34 Å². The van der Waals surface area contributed by atoms with Crippen molar-refractivity contribution in [3.8, 4) is 11.5 Å². The number of ether oxygens (including phenoxy) is 2. The van der Waals surface area contributed by atoms with E-state index >= 15 is 0 Å². The van der Waals surface area contributed by atoms with E-state index in [4.69, 9.17) is 21.1 Å². The fourth-order valence-corrected chi connectivity index (χ4v) is 3.56. The summed E-state index contributed by atoms with van der Waals surface area (Å²) in [5.74, 6) is 1.53. The standard InChI is InChI=1S/C15H17BrClNO2S/c1-3-19-13-6-5-10(7-14(13)20-4-2)18-9-11-8-12(16)15(17)21-11/h5-8,18H,3-4,9H2,1-2H3. The van der Waals surface area contributed by atoms with Gasteiger partial charge >= 0.3 is 0 Å². The Balaban J connectivity index is 2.07. The molecule has 0 atom stereocenters. The zero-order valence-corrected chi connectivity index (χ0v) is 15.1. The SMILES string of the molecule is CCOc1ccc(NCc2cc(Br)c(Cl)s2)cc1OCC. The summed E-state index contributed by atoms with van der Waals surface area (Å²) in [5, 5.41) is 3.37. The van der Waals surface area contributed by atoms with Crippen LogP contribution in [0.3, 0.4) is 0 Å². The number of rotatable bonds is 7. The lowest BCUT2D eigenvalue weighted by atomic mass is 10.2. The molecule has 1 heterocycles. The molecule has 0 spiro atoms. The predicted octanol–water partition coefficient (Wildman–Crippen LogP) is 5.57. The number of anilines is 1. The molecule has 1 N–H and O–H groups in total. The van der Waals surface area contributed by atoms with Crippen LogP contribution in [0.1, 0.15) is 18.7 Å². The number of thiophene rings is 1. The van der Waals surface area contributed by atoms with E-state index in [0.29, 0.717) is 13.2 Å². The molecule has 114 valence electrons. The van der Waals surface area contributed by atoms with Crippen molar-refractivity contribution in [2.75, 3.05) is 18.5 Å². The molecule has 0 fully saturated rings. The second kappa shape index (κ2) is 7.92. The minimum atomic E-state index is 0.608. The highest BCUT2D eigenvalue weighted by atomic mass is 79.9. The Kier molecular flexibility index (Phi) is 6.21. The van der Waals surface area contributed by atoms with E-state index in [1.807, 2.05) is 38.1 Å². The fourth-order valence-electron chi connectivity index (χ4n) is 1.83. The van der Waals surface area contributed by atoms with Crippen LogP contribution in [-0.2, 0) is 6.54 Å². The molecule has 0 amide bonds. The summed E-state index contributed by atoms with van der Waals surface area (Å²) in [6.45, 7) is 5.86. The first-order chi connectivity index (χ1) is 10.1. The van der Waals surface area contributed by atoms with Crippen LogP contribution in [0.25, 0.3) is 0 Å². The van der Waals surface area contributed by atoms with Crippen LogP contribution in [-0.4, -0.2) is 13.2 Å². The predicted molar refractivity (Wildman–Crippen MR) is 93.1 cm³/mol. The summed E-state index contributed by atoms with van der Waals surface area (Å²) in [4.78, 5) is 1.17. The molecule has 1 aromatic heterocycles. The van der Waals surface area contributed by atoms with Gasteiger partial charge in [0.05, 0.1) is 13.2 Å². The van der Waals surface area contributed by atoms with Crippen LogP contribution in [0.15, 0.2) is 28.7 Å². The first-order valence-corrected chi connectivity index (χ1v) is 8.70. The monoisotopic (exact) mass is 389 g/mol. The molecule has 0 aliphatic heterocycles. The summed E-state index contributed by atoms with van der Waals surface area (Å²) in [5.41, 5.74) is 0.988. The largest absolute Gasteiger partial charge is 0.490 e. The normalized spacial score (nSPS) is 10.5. The van der Waals surface area contributed by atoms with Crippen LogP contribution in [0.4, 0.5) is 5.69 Å². The molecule has 0 saturated heterocycles. The van der Waals surface area contributed by atoms with Crippen LogP contribution in [0.5, 0.6) is 11.5 Å². The molecule has 2 aromatic rings. The molecular weight excluding hydrogens is 374 g/mol. The Morgan fingerprint density at radius 1 is 1.14 bits per heavy atom. The highest BCUT2D eigenvalue weighted by molar-refractivity contribution is 9.10. The van der Waals surface area contributed by atoms with Crippen molar-refractivity contribution in [1.82, 2.24) is 0 Å². The summed E-state index contributed by atoms with van der Waals surface area (Å²) in [6.07, 6.45) is 0. The first-order valence-electron chi connectivity index (χ1n) is 6.71. The molecule has 0 aliphatic carbocycles. The van der Waals surface area contributed by atoms with Gasteiger partial charge in [-0.05, 0) is 48.0 Å². The summed E-state index contributed by atoms with van der Waals surface area (Å²) in [7, 11) is 0. The molecular formula is C15H17BrClNO2S. The first kappa shape index (κ1) is 16.5. The molecule has 2 rings (SSSR count). The molecule has 1 aromatic carbocycles. The average Bonchev–Trinajstić information content (AvgIpc) is 2.78. The van der Waals surface area contributed by atoms with E-state index in [2.05, 4.69) is 21.2 Å². The maximum atomic E-state index is 6.04. The zero-order valence-electron chi connectivity index (χ0n) is 11.9. The number of benzene rings is 1. The van der Waals surface area contributed by atoms with Gasteiger partial charge in [0.25, 0.3) is 0 Å². The molecule has 0 saturated carbocycles. The Bertz CT molecular complexity index is 584. The van der Waals surface area contributed by atoms with Crippen molar-refractivity contribution >= 4 is 44.6 Å². The highest BCUT2D eigenvalue weighted by Crippen LogP contribution is 2.33. The third-order valence-electron chi connectivity index (χ3n) is 2.71. The van der Waals surface area contributed by atoms with Gasteiger partial charge in [0.2, 0.25) is 0 Å². The Hall–Kier alpha value is -0.910. The number of hydrogen-bond acceptors (Lipinski definition) is 4. The molecule has 0 aliphatic rings. The number of nitrogens with one attached hydrogen (secondary N) is 1. The van der Waals surface area contributed by atoms with E-state index in [9.17, 15) is 0 Å². The summed E-state index contributed by atoms with van der Waals surface area (Å²) < 4.78 is 12.9. The van der Waals surface area contributed by atoms with Crippen molar-refractivity contribution in [2.45, 2.75) is 20.4 Å². The Morgan fingerprint density at radius 2 is 1.86 bits per heavy atom. The molecule has 3 nitrogen and oxygen atoms in total. The fraction of sp³-hybridized carbons (Fsp3) is 0.333. The van der Waals surface area contributed by atoms with Crippen LogP contribution >= 0.6 is 38.9 Å². The van der Waals surface area contributed by atoms with Gasteiger partial charge in [-0.1, -0.05) is 11.6 Å². The summed E-state index contributed by atoms with van der Waals surface area (Å²) >= 11 is 11.0. The van der Waals surface area contributed by atoms with Crippen LogP contribution in [0, 0.1) is 0 Å². The maximum Gasteiger partial charge on any atom is 0.163 e. The molecule has 0 bridgehead atoms. The van der Waals surface area contributed by atoms with Gasteiger partial charge in [-0.15, -0.1) is 11.3 Å². The van der Waals surface area contributed by atoms with Crippen molar-refractivity contribution < 1.29 is 9.47 Å². The third kappa shape index (κ3) is 4.53. The number of halogens is 2. The van der Waals surface area contributed by atoms with E-state index in [1.54, 1.807) is 11.3 Å². The molecule has 0 radical (unpaired) electrons. The lowest BCUT2D eigenvalue weighted by Gasteiger charge is -2.13. The van der Waals surface area contributed by atoms with E-state index < -0.39 is 0 Å². The quantitative estimate of drug-likeness (QED) is 0.670. The average molecular weight is 391 g/mol. The lowest BCUT2D eigenvalue weighted by Crippen LogP contribution is -2.01. The minimum absolute atomic E-state index is 0.608. The van der Waals surface area contributed by atoms with Gasteiger partial charge in [-0.2, -0.15) is 0 Å². The summed E-state index contributed by atoms with van der Waals surface area (Å²) in [6, 6.07) is 7.89. The van der Waals surface area contributed by atoms with Crippen LogP contribution < -0.4 is 14.8 Å². The Labute approximate surface area is 142 Å². The van der Waals surface area contributed by atoms with Crippen molar-refractivity contribution in [3.63, 3.8) is 0 Å². The topological polar surface area (TPSA) is 30.5 Å². The maximum absolute atomic E-state index is 6.04. The highest BCUT2D eigenvalue weighted by Gasteiger charge is 2.07. The van der Waals surface area contributed by atoms with Crippen molar-refractivity contribution in [2.24, 2.45) is 0 Å². The number of hydrogen-bond donors (Lipinski definition) is 1. The minimum Gasteiger partial charge on any atom is -0.490 e. The van der Waals surface area contributed by atoms with Gasteiger partial charge in [-0.3, -0.25) is 0 Å². The second-order valence-electron chi connectivity index (χ2n) is 4.22. The van der Waals surface area contributed by atoms with Gasteiger partial charge in [-0.25, -0.2) is 0 Å². The third-order valence-corrected chi connectivity index (χ3v) is 5.18. The molecule has 21 heavy (non-hydrogen) atoms. The Morgan fingerprint density at radius 3 is 2.48 bits per heavy atom. The van der Waals surface area contributed by atoms with Gasteiger partial charge in [0.15, 0.2) is 11.5 Å². The van der Waals surface area contributed by atoms with E-state index in [1.165, 1.54) is 4.88 Å². The molecule has 0 unspecified atom stereocenters. The lowest BCUT2D eigenvalue weighted by molar-refractivity contribution is 0.288. The second-order valence-corrected chi connectivity index (χ2v) is 6.81.